The molecule has 2 aromatic rings. The zero-order chi connectivity index (χ0) is 28.1. The molecule has 3 nitrogen and oxygen atoms in total. The predicted octanol–water partition coefficient (Wildman–Crippen LogP) is 4.45. The number of aromatic nitrogens is 1. The van der Waals surface area contributed by atoms with Crippen LogP contribution in [0, 0.1) is 0 Å². The summed E-state index contributed by atoms with van der Waals surface area (Å²) in [5.74, 6) is 0. The van der Waals surface area contributed by atoms with E-state index in [4.69, 9.17) is 13.7 Å². The predicted molar refractivity (Wildman–Crippen MR) is 82.3 cm³/mol. The number of nitrogens with zero attached hydrogens (tertiary/aromatic N) is 1. The molecule has 2 atom stereocenters. The van der Waals surface area contributed by atoms with E-state index in [2.05, 4.69) is 4.98 Å². The van der Waals surface area contributed by atoms with Gasteiger partial charge in [0.15, 0.2) is 0 Å². The SMILES string of the molecule is [2H]C1([2H])N[C@]([2H])([C@]([2H])(O)c2cc(C(F)(F)F)nc3c(C(F)(F)F)cccc23)C([2H])([2H])C([2H])([2H])C1([2H])[2H]. The zero-order valence-electron chi connectivity index (χ0n) is 22.5. The summed E-state index contributed by atoms with van der Waals surface area (Å²) in [6.45, 7) is -3.70. The molecule has 0 radical (unpaired) electrons. The lowest BCUT2D eigenvalue weighted by Crippen LogP contribution is -2.39. The van der Waals surface area contributed by atoms with Crippen LogP contribution >= 0.6 is 0 Å². The van der Waals surface area contributed by atoms with Crippen molar-refractivity contribution < 1.29 is 45.2 Å². The number of hydrogen-bond acceptors (Lipinski definition) is 3. The molecule has 3 rings (SSSR count). The van der Waals surface area contributed by atoms with E-state index in [1.807, 2.05) is 0 Å². The monoisotopic (exact) mass is 388 g/mol. The summed E-state index contributed by atoms with van der Waals surface area (Å²) in [6, 6.07) is -2.43. The normalized spacial score (nSPS) is 37.8. The van der Waals surface area contributed by atoms with Gasteiger partial charge in [-0.15, -0.1) is 0 Å². The minimum Gasteiger partial charge on any atom is -0.387 e. The van der Waals surface area contributed by atoms with Crippen LogP contribution in [-0.2, 0) is 12.4 Å². The molecule has 0 spiro atoms. The number of fused-ring (bicyclic) bond motifs is 1. The van der Waals surface area contributed by atoms with Crippen LogP contribution in [0.25, 0.3) is 10.9 Å². The van der Waals surface area contributed by atoms with E-state index in [-0.39, 0.29) is 6.07 Å². The van der Waals surface area contributed by atoms with Gasteiger partial charge in [-0.25, -0.2) is 4.98 Å². The van der Waals surface area contributed by atoms with Crippen LogP contribution < -0.4 is 5.32 Å². The van der Waals surface area contributed by atoms with Crippen molar-refractivity contribution in [2.45, 2.75) is 43.6 Å². The van der Waals surface area contributed by atoms with Crippen molar-refractivity contribution in [2.24, 2.45) is 0 Å². The number of nitrogens with one attached hydrogen (secondary N) is 1. The summed E-state index contributed by atoms with van der Waals surface area (Å²) in [5.41, 5.74) is -6.72. The third-order valence-corrected chi connectivity index (χ3v) is 3.43. The molecule has 0 aliphatic carbocycles. The highest BCUT2D eigenvalue weighted by Crippen LogP contribution is 2.39. The Balaban J connectivity index is 2.47. The maximum Gasteiger partial charge on any atom is 0.433 e. The van der Waals surface area contributed by atoms with E-state index >= 15 is 0 Å². The molecular formula is C17H16F6N2O. The van der Waals surface area contributed by atoms with Crippen LogP contribution in [0.1, 0.15) is 55.7 Å². The lowest BCUT2D eigenvalue weighted by Gasteiger charge is -2.29. The van der Waals surface area contributed by atoms with Crippen molar-refractivity contribution in [1.82, 2.24) is 10.3 Å². The second-order valence-corrected chi connectivity index (χ2v) is 5.10. The molecule has 2 heterocycles. The van der Waals surface area contributed by atoms with Crippen LogP contribution in [0.4, 0.5) is 26.3 Å². The Labute approximate surface area is 159 Å². The number of aliphatic hydroxyl groups is 1. The molecule has 1 aliphatic rings. The summed E-state index contributed by atoms with van der Waals surface area (Å²) in [5, 5.41) is 11.4. The van der Waals surface area contributed by atoms with Gasteiger partial charge in [-0.05, 0) is 36.9 Å². The average molecular weight is 388 g/mol. The number of halogens is 6. The summed E-state index contributed by atoms with van der Waals surface area (Å²) in [4.78, 5) is 2.95. The highest BCUT2D eigenvalue weighted by molar-refractivity contribution is 5.86. The Morgan fingerprint density at radius 2 is 1.96 bits per heavy atom. The lowest BCUT2D eigenvalue weighted by molar-refractivity contribution is -0.142. The second-order valence-electron chi connectivity index (χ2n) is 5.10. The van der Waals surface area contributed by atoms with Crippen LogP contribution in [0.2, 0.25) is 0 Å². The largest absolute Gasteiger partial charge is 0.433 e. The molecular weight excluding hydrogens is 362 g/mol. The Morgan fingerprint density at radius 3 is 2.62 bits per heavy atom. The molecule has 0 amide bonds. The zero-order valence-corrected chi connectivity index (χ0v) is 12.5. The molecule has 9 heteroatoms. The summed E-state index contributed by atoms with van der Waals surface area (Å²) >= 11 is 0. The molecule has 2 N–H and O–H groups in total. The Hall–Kier alpha value is -1.87. The first-order valence-electron chi connectivity index (χ1n) is 11.9. The molecule has 1 aromatic carbocycles. The van der Waals surface area contributed by atoms with Crippen LogP contribution in [-0.4, -0.2) is 22.6 Å². The van der Waals surface area contributed by atoms with Gasteiger partial charge in [0.25, 0.3) is 0 Å². The van der Waals surface area contributed by atoms with E-state index < -0.39 is 77.8 Å². The van der Waals surface area contributed by atoms with Crippen LogP contribution in [0.15, 0.2) is 24.3 Å². The van der Waals surface area contributed by atoms with Crippen LogP contribution in [0.5, 0.6) is 0 Å². The van der Waals surface area contributed by atoms with Crippen LogP contribution in [0.3, 0.4) is 0 Å². The van der Waals surface area contributed by atoms with E-state index in [0.29, 0.717) is 18.2 Å². The third kappa shape index (κ3) is 3.64. The number of para-hydroxylation sites is 1. The van der Waals surface area contributed by atoms with Gasteiger partial charge in [0.2, 0.25) is 0 Å². The number of pyridine rings is 1. The van der Waals surface area contributed by atoms with Gasteiger partial charge in [0.05, 0.1) is 18.5 Å². The number of alkyl halides is 6. The molecule has 0 saturated carbocycles. The number of rotatable bonds is 2. The minimum atomic E-state index is -5.47. The molecule has 1 saturated heterocycles. The molecule has 1 aromatic heterocycles. The van der Waals surface area contributed by atoms with Crippen molar-refractivity contribution in [1.29, 1.82) is 0 Å². The maximum atomic E-state index is 13.6. The molecule has 26 heavy (non-hydrogen) atoms. The number of benzene rings is 1. The maximum absolute atomic E-state index is 13.6. The van der Waals surface area contributed by atoms with Crippen molar-refractivity contribution in [3.05, 3.63) is 41.1 Å². The quantitative estimate of drug-likeness (QED) is 0.748. The van der Waals surface area contributed by atoms with E-state index in [9.17, 15) is 31.4 Å². The fraction of sp³-hybridized carbons (Fsp3) is 0.471. The first kappa shape index (κ1) is 9.89. The summed E-state index contributed by atoms with van der Waals surface area (Å²) in [6.07, 6.45) is -26.7. The Morgan fingerprint density at radius 1 is 1.23 bits per heavy atom. The van der Waals surface area contributed by atoms with Gasteiger partial charge in [-0.3, -0.25) is 0 Å². The highest BCUT2D eigenvalue weighted by atomic mass is 19.4. The third-order valence-electron chi connectivity index (χ3n) is 3.43. The van der Waals surface area contributed by atoms with Gasteiger partial charge in [-0.1, -0.05) is 18.5 Å². The lowest BCUT2D eigenvalue weighted by atomic mass is 9.91. The number of hydrogen-bond donors (Lipinski definition) is 2. The first-order chi connectivity index (χ1) is 15.8. The summed E-state index contributed by atoms with van der Waals surface area (Å²) < 4.78 is 161. The molecule has 1 aliphatic heterocycles. The molecule has 1 fully saturated rings. The van der Waals surface area contributed by atoms with Crippen molar-refractivity contribution in [2.75, 3.05) is 6.50 Å². The van der Waals surface area contributed by atoms with Crippen molar-refractivity contribution in [3.63, 3.8) is 0 Å². The fourth-order valence-corrected chi connectivity index (χ4v) is 2.32. The van der Waals surface area contributed by atoms with E-state index in [1.165, 1.54) is 5.32 Å². The molecule has 0 unspecified atom stereocenters. The first-order valence-corrected chi connectivity index (χ1v) is 6.88. The van der Waals surface area contributed by atoms with Crippen molar-refractivity contribution in [3.8, 4) is 0 Å². The Bertz CT molecular complexity index is 1220. The fourth-order valence-electron chi connectivity index (χ4n) is 2.32. The summed E-state index contributed by atoms with van der Waals surface area (Å²) in [7, 11) is 0. The van der Waals surface area contributed by atoms with E-state index in [0.717, 1.165) is 0 Å². The van der Waals surface area contributed by atoms with Gasteiger partial charge in [0.1, 0.15) is 5.69 Å². The van der Waals surface area contributed by atoms with Gasteiger partial charge < -0.3 is 10.4 Å². The van der Waals surface area contributed by atoms with Gasteiger partial charge in [0, 0.05) is 23.7 Å². The van der Waals surface area contributed by atoms with E-state index in [1.54, 1.807) is 0 Å². The smallest absolute Gasteiger partial charge is 0.387 e. The van der Waals surface area contributed by atoms with Gasteiger partial charge in [-0.2, -0.15) is 26.3 Å². The number of piperidine rings is 1. The second kappa shape index (κ2) is 6.70. The molecule has 0 bridgehead atoms. The molecule has 142 valence electrons. The average Bonchev–Trinajstić information content (AvgIpc) is 2.69. The Kier molecular flexibility index (Phi) is 2.55. The topological polar surface area (TPSA) is 45.1 Å². The van der Waals surface area contributed by atoms with Gasteiger partial charge >= 0.3 is 12.4 Å². The standard InChI is InChI=1S/C17H16F6N2O/c18-16(19,20)11-5-3-4-9-10(15(26)12-6-1-2-7-24-12)8-13(17(21,22)23)25-14(9)11/h3-5,8,12,15,24,26H,1-2,6-7H2/t12-,15+/m0/s1/i1D2,2D2,6D2,7D2,12D,15D. The van der Waals surface area contributed by atoms with Crippen molar-refractivity contribution >= 4 is 10.9 Å². The minimum absolute atomic E-state index is 0.127. The highest BCUT2D eigenvalue weighted by Gasteiger charge is 2.38.